The molecule has 0 aliphatic carbocycles. The predicted molar refractivity (Wildman–Crippen MR) is 93.8 cm³/mol. The van der Waals surface area contributed by atoms with Crippen molar-refractivity contribution in [1.82, 2.24) is 9.88 Å². The van der Waals surface area contributed by atoms with Crippen LogP contribution >= 0.6 is 0 Å². The number of ether oxygens (including phenoxy) is 1. The van der Waals surface area contributed by atoms with Gasteiger partial charge in [-0.15, -0.1) is 0 Å². The van der Waals surface area contributed by atoms with Crippen molar-refractivity contribution in [2.24, 2.45) is 5.92 Å². The van der Waals surface area contributed by atoms with Crippen LogP contribution in [-0.4, -0.2) is 35.0 Å². The molecule has 1 aliphatic heterocycles. The molecule has 0 N–H and O–H groups in total. The molecule has 2 heterocycles. The maximum atomic E-state index is 13.0. The van der Waals surface area contributed by atoms with Crippen LogP contribution in [0.2, 0.25) is 0 Å². The topological polar surface area (TPSA) is 42.4 Å². The Hall–Kier alpha value is -2.20. The van der Waals surface area contributed by atoms with Crippen molar-refractivity contribution < 1.29 is 9.53 Å². The Morgan fingerprint density at radius 3 is 2.58 bits per heavy atom. The molecule has 4 nitrogen and oxygen atoms in total. The first-order chi connectivity index (χ1) is 11.6. The van der Waals surface area contributed by atoms with Crippen molar-refractivity contribution in [1.29, 1.82) is 0 Å². The average Bonchev–Trinajstić information content (AvgIpc) is 2.62. The van der Waals surface area contributed by atoms with Crippen LogP contribution in [0.15, 0.2) is 48.7 Å². The number of amides is 1. The fraction of sp³-hybridized carbons (Fsp3) is 0.400. The monoisotopic (exact) mass is 324 g/mol. The number of carbonyl (C=O) groups excluding carboxylic acids is 1. The summed E-state index contributed by atoms with van der Waals surface area (Å²) in [5, 5.41) is 0. The Morgan fingerprint density at radius 2 is 1.92 bits per heavy atom. The van der Waals surface area contributed by atoms with E-state index in [1.54, 1.807) is 6.20 Å². The minimum atomic E-state index is -0.0969. The Balaban J connectivity index is 1.87. The van der Waals surface area contributed by atoms with Crippen molar-refractivity contribution >= 4 is 5.91 Å². The third kappa shape index (κ3) is 3.49. The zero-order valence-corrected chi connectivity index (χ0v) is 14.5. The molecule has 126 valence electrons. The molecule has 0 radical (unpaired) electrons. The molecule has 1 amide bonds. The molecule has 4 heteroatoms. The van der Waals surface area contributed by atoms with Crippen molar-refractivity contribution in [2.75, 3.05) is 13.1 Å². The predicted octanol–water partition coefficient (Wildman–Crippen LogP) is 3.63. The van der Waals surface area contributed by atoms with E-state index in [4.69, 9.17) is 4.74 Å². The molecular formula is C20H24N2O2. The highest BCUT2D eigenvalue weighted by atomic mass is 16.5. The Bertz CT molecular complexity index is 700. The lowest BCUT2D eigenvalue weighted by molar-refractivity contribution is -0.0955. The molecule has 1 aromatic heterocycles. The summed E-state index contributed by atoms with van der Waals surface area (Å²) in [6.45, 7) is 7.35. The van der Waals surface area contributed by atoms with Gasteiger partial charge in [0.05, 0.1) is 12.6 Å². The highest BCUT2D eigenvalue weighted by molar-refractivity contribution is 5.93. The summed E-state index contributed by atoms with van der Waals surface area (Å²) < 4.78 is 6.27. The number of pyridine rings is 1. The SMILES string of the molecule is Cc1cccnc1C(=O)N1C[C@@H](c2ccccc2)O[C@@H](C(C)C)C1. The molecule has 0 bridgehead atoms. The van der Waals surface area contributed by atoms with Gasteiger partial charge in [-0.25, -0.2) is 0 Å². The maximum absolute atomic E-state index is 13.0. The van der Waals surface area contributed by atoms with E-state index in [-0.39, 0.29) is 18.1 Å². The molecule has 1 aromatic carbocycles. The minimum absolute atomic E-state index is 0.0111. The fourth-order valence-electron chi connectivity index (χ4n) is 3.03. The molecule has 1 fully saturated rings. The van der Waals surface area contributed by atoms with Gasteiger partial charge < -0.3 is 9.64 Å². The van der Waals surface area contributed by atoms with E-state index in [9.17, 15) is 4.79 Å². The summed E-state index contributed by atoms with van der Waals surface area (Å²) in [6.07, 6.45) is 1.60. The smallest absolute Gasteiger partial charge is 0.272 e. The maximum Gasteiger partial charge on any atom is 0.272 e. The summed E-state index contributed by atoms with van der Waals surface area (Å²) in [6, 6.07) is 13.9. The number of aryl methyl sites for hydroxylation is 1. The molecule has 0 spiro atoms. The second-order valence-electron chi connectivity index (χ2n) is 6.70. The number of nitrogens with zero attached hydrogens (tertiary/aromatic N) is 2. The Labute approximate surface area is 143 Å². The number of hydrogen-bond donors (Lipinski definition) is 0. The van der Waals surface area contributed by atoms with E-state index in [1.807, 2.05) is 42.2 Å². The highest BCUT2D eigenvalue weighted by Gasteiger charge is 2.34. The van der Waals surface area contributed by atoms with Crippen LogP contribution in [0.25, 0.3) is 0 Å². The zero-order chi connectivity index (χ0) is 17.1. The van der Waals surface area contributed by atoms with Gasteiger partial charge in [0.1, 0.15) is 11.8 Å². The molecular weight excluding hydrogens is 300 g/mol. The lowest BCUT2D eigenvalue weighted by atomic mass is 10.0. The molecule has 1 saturated heterocycles. The summed E-state index contributed by atoms with van der Waals surface area (Å²) in [4.78, 5) is 19.2. The van der Waals surface area contributed by atoms with Gasteiger partial charge in [-0.1, -0.05) is 50.2 Å². The second kappa shape index (κ2) is 7.14. The number of aromatic nitrogens is 1. The number of carbonyl (C=O) groups is 1. The van der Waals surface area contributed by atoms with Crippen LogP contribution in [0.1, 0.15) is 41.6 Å². The summed E-state index contributed by atoms with van der Waals surface area (Å²) in [5.41, 5.74) is 2.55. The van der Waals surface area contributed by atoms with Crippen molar-refractivity contribution in [3.8, 4) is 0 Å². The van der Waals surface area contributed by atoms with Crippen molar-refractivity contribution in [2.45, 2.75) is 33.0 Å². The first-order valence-corrected chi connectivity index (χ1v) is 8.47. The zero-order valence-electron chi connectivity index (χ0n) is 14.5. The standard InChI is InChI=1S/C20H24N2O2/c1-14(2)17-12-22(20(23)19-15(3)8-7-11-21-19)13-18(24-17)16-9-5-4-6-10-16/h4-11,14,17-18H,12-13H2,1-3H3/t17-,18+/m1/s1. The fourth-order valence-corrected chi connectivity index (χ4v) is 3.03. The van der Waals surface area contributed by atoms with Crippen molar-refractivity contribution in [3.05, 3.63) is 65.5 Å². The third-order valence-electron chi connectivity index (χ3n) is 4.54. The van der Waals surface area contributed by atoms with E-state index in [2.05, 4.69) is 31.0 Å². The third-order valence-corrected chi connectivity index (χ3v) is 4.54. The van der Waals surface area contributed by atoms with Gasteiger partial charge in [-0.2, -0.15) is 0 Å². The van der Waals surface area contributed by atoms with Crippen molar-refractivity contribution in [3.63, 3.8) is 0 Å². The molecule has 0 saturated carbocycles. The molecule has 1 aliphatic rings. The van der Waals surface area contributed by atoms with Crippen LogP contribution in [0.3, 0.4) is 0 Å². The number of rotatable bonds is 3. The first kappa shape index (κ1) is 16.7. The van der Waals surface area contributed by atoms with E-state index >= 15 is 0 Å². The molecule has 0 unspecified atom stereocenters. The normalized spacial score (nSPS) is 21.1. The van der Waals surface area contributed by atoms with E-state index in [0.29, 0.717) is 24.7 Å². The Morgan fingerprint density at radius 1 is 1.17 bits per heavy atom. The molecule has 2 atom stereocenters. The molecule has 3 rings (SSSR count). The van der Waals surface area contributed by atoms with Crippen LogP contribution in [0, 0.1) is 12.8 Å². The second-order valence-corrected chi connectivity index (χ2v) is 6.70. The van der Waals surface area contributed by atoms with Crippen LogP contribution in [-0.2, 0) is 4.74 Å². The lowest BCUT2D eigenvalue weighted by Gasteiger charge is -2.40. The summed E-state index contributed by atoms with van der Waals surface area (Å²) >= 11 is 0. The number of hydrogen-bond acceptors (Lipinski definition) is 3. The summed E-state index contributed by atoms with van der Waals surface area (Å²) in [7, 11) is 0. The van der Waals surface area contributed by atoms with Crippen LogP contribution in [0.4, 0.5) is 0 Å². The molecule has 2 aromatic rings. The van der Waals surface area contributed by atoms with Gasteiger partial charge in [0.25, 0.3) is 5.91 Å². The molecule has 24 heavy (non-hydrogen) atoms. The van der Waals surface area contributed by atoms with E-state index in [0.717, 1.165) is 11.1 Å². The Kier molecular flexibility index (Phi) is 4.95. The van der Waals surface area contributed by atoms with E-state index < -0.39 is 0 Å². The average molecular weight is 324 g/mol. The largest absolute Gasteiger partial charge is 0.366 e. The van der Waals surface area contributed by atoms with Gasteiger partial charge in [0.15, 0.2) is 0 Å². The van der Waals surface area contributed by atoms with Gasteiger partial charge in [0.2, 0.25) is 0 Å². The first-order valence-electron chi connectivity index (χ1n) is 8.47. The number of morpholine rings is 1. The number of benzene rings is 1. The quantitative estimate of drug-likeness (QED) is 0.866. The van der Waals surface area contributed by atoms with Gasteiger partial charge in [0, 0.05) is 12.7 Å². The van der Waals surface area contributed by atoms with Crippen LogP contribution < -0.4 is 0 Å². The van der Waals surface area contributed by atoms with Gasteiger partial charge in [-0.05, 0) is 30.0 Å². The highest BCUT2D eigenvalue weighted by Crippen LogP contribution is 2.29. The van der Waals surface area contributed by atoms with Gasteiger partial charge in [-0.3, -0.25) is 9.78 Å². The van der Waals surface area contributed by atoms with Gasteiger partial charge >= 0.3 is 0 Å². The summed E-state index contributed by atoms with van der Waals surface area (Å²) in [5.74, 6) is 0.333. The van der Waals surface area contributed by atoms with E-state index in [1.165, 1.54) is 0 Å². The lowest BCUT2D eigenvalue weighted by Crippen LogP contribution is -2.49. The minimum Gasteiger partial charge on any atom is -0.366 e. The van der Waals surface area contributed by atoms with Crippen LogP contribution in [0.5, 0.6) is 0 Å².